The molecule has 1 aromatic carbocycles. The van der Waals surface area contributed by atoms with Gasteiger partial charge in [-0.3, -0.25) is 4.31 Å². The van der Waals surface area contributed by atoms with E-state index >= 15 is 0 Å². The van der Waals surface area contributed by atoms with Crippen molar-refractivity contribution in [1.29, 1.82) is 0 Å². The zero-order valence-electron chi connectivity index (χ0n) is 10.5. The van der Waals surface area contributed by atoms with Gasteiger partial charge < -0.3 is 5.73 Å². The Kier molecular flexibility index (Phi) is 3.27. The Balaban J connectivity index is 2.04. The summed E-state index contributed by atoms with van der Waals surface area (Å²) in [7, 11) is -3.63. The summed E-state index contributed by atoms with van der Waals surface area (Å²) < 4.78 is 40.1. The molecule has 106 valence electrons. The highest BCUT2D eigenvalue weighted by Crippen LogP contribution is 2.35. The van der Waals surface area contributed by atoms with Crippen molar-refractivity contribution in [3.05, 3.63) is 46.6 Å². The zero-order valence-corrected chi connectivity index (χ0v) is 12.2. The van der Waals surface area contributed by atoms with Crippen LogP contribution in [-0.2, 0) is 23.0 Å². The van der Waals surface area contributed by atoms with Crippen LogP contribution < -0.4 is 10.0 Å². The molecule has 4 nitrogen and oxygen atoms in total. The molecular weight excluding hydrogens is 299 g/mol. The number of fused-ring (bicyclic) bond motifs is 1. The second kappa shape index (κ2) is 4.83. The number of halogens is 1. The maximum Gasteiger partial charge on any atom is 0.273 e. The number of hydrogen-bond donors (Lipinski definition) is 1. The number of anilines is 1. The van der Waals surface area contributed by atoms with Crippen molar-refractivity contribution in [3.63, 3.8) is 0 Å². The largest absolute Gasteiger partial charge is 0.326 e. The fourth-order valence-electron chi connectivity index (χ4n) is 2.29. The van der Waals surface area contributed by atoms with Crippen LogP contribution in [0.2, 0.25) is 0 Å². The highest BCUT2D eigenvalue weighted by atomic mass is 32.2. The maximum absolute atomic E-state index is 13.3. The Morgan fingerprint density at radius 2 is 2.10 bits per heavy atom. The van der Waals surface area contributed by atoms with Crippen LogP contribution in [-0.4, -0.2) is 15.0 Å². The van der Waals surface area contributed by atoms with Crippen molar-refractivity contribution in [2.75, 3.05) is 10.8 Å². The van der Waals surface area contributed by atoms with Crippen LogP contribution in [0.1, 0.15) is 10.4 Å². The molecule has 0 bridgehead atoms. The summed E-state index contributed by atoms with van der Waals surface area (Å²) in [4.78, 5) is 0.808. The number of nitrogens with zero attached hydrogens (tertiary/aromatic N) is 1. The molecule has 1 aliphatic rings. The molecule has 2 N–H and O–H groups in total. The van der Waals surface area contributed by atoms with Gasteiger partial charge in [-0.2, -0.15) is 0 Å². The van der Waals surface area contributed by atoms with Gasteiger partial charge in [-0.25, -0.2) is 12.8 Å². The molecule has 3 rings (SSSR count). The lowest BCUT2D eigenvalue weighted by Crippen LogP contribution is -2.28. The number of rotatable bonds is 3. The van der Waals surface area contributed by atoms with E-state index in [1.165, 1.54) is 16.4 Å². The standard InChI is InChI=1S/C13H13FN2O2S2/c14-10-2-1-9-5-6-16(12(9)7-10)20(17,18)13-4-3-11(8-15)19-13/h1-4,7H,5-6,8,15H2. The van der Waals surface area contributed by atoms with E-state index in [4.69, 9.17) is 5.73 Å². The quantitative estimate of drug-likeness (QED) is 0.944. The van der Waals surface area contributed by atoms with Crippen molar-refractivity contribution in [2.24, 2.45) is 5.73 Å². The predicted molar refractivity (Wildman–Crippen MR) is 76.8 cm³/mol. The summed E-state index contributed by atoms with van der Waals surface area (Å²) in [5, 5.41) is 0. The van der Waals surface area contributed by atoms with E-state index in [-0.39, 0.29) is 4.21 Å². The minimum atomic E-state index is -3.63. The number of thiophene rings is 1. The molecule has 0 saturated carbocycles. The van der Waals surface area contributed by atoms with E-state index in [0.29, 0.717) is 25.2 Å². The summed E-state index contributed by atoms with van der Waals surface area (Å²) in [5.41, 5.74) is 6.80. The first-order chi connectivity index (χ1) is 9.52. The molecule has 2 aromatic rings. The molecule has 1 aromatic heterocycles. The van der Waals surface area contributed by atoms with Crippen molar-refractivity contribution in [2.45, 2.75) is 17.2 Å². The van der Waals surface area contributed by atoms with Crippen LogP contribution in [0.3, 0.4) is 0 Å². The number of hydrogen-bond acceptors (Lipinski definition) is 4. The first-order valence-electron chi connectivity index (χ1n) is 6.12. The molecule has 0 unspecified atom stereocenters. The summed E-state index contributed by atoms with van der Waals surface area (Å²) in [6.45, 7) is 0.655. The SMILES string of the molecule is NCc1ccc(S(=O)(=O)N2CCc3ccc(F)cc32)s1. The predicted octanol–water partition coefficient (Wildman–Crippen LogP) is 2.10. The van der Waals surface area contributed by atoms with Crippen LogP contribution in [0.4, 0.5) is 10.1 Å². The van der Waals surface area contributed by atoms with Gasteiger partial charge >= 0.3 is 0 Å². The van der Waals surface area contributed by atoms with Crippen LogP contribution in [0.5, 0.6) is 0 Å². The summed E-state index contributed by atoms with van der Waals surface area (Å²) in [6.07, 6.45) is 0.601. The average Bonchev–Trinajstić information content (AvgIpc) is 3.05. The van der Waals surface area contributed by atoms with Gasteiger partial charge in [0.1, 0.15) is 10.0 Å². The Labute approximate surface area is 120 Å². The summed E-state index contributed by atoms with van der Waals surface area (Å²) >= 11 is 1.16. The van der Waals surface area contributed by atoms with Gasteiger partial charge in [-0.05, 0) is 36.2 Å². The van der Waals surface area contributed by atoms with Gasteiger partial charge in [0.15, 0.2) is 0 Å². The fraction of sp³-hybridized carbons (Fsp3) is 0.231. The molecule has 0 atom stereocenters. The van der Waals surface area contributed by atoms with Crippen LogP contribution in [0.25, 0.3) is 0 Å². The molecule has 20 heavy (non-hydrogen) atoms. The third-order valence-electron chi connectivity index (χ3n) is 3.28. The van der Waals surface area contributed by atoms with Crippen molar-refractivity contribution < 1.29 is 12.8 Å². The molecule has 0 amide bonds. The van der Waals surface area contributed by atoms with Crippen LogP contribution in [0, 0.1) is 5.82 Å². The molecule has 0 radical (unpaired) electrons. The smallest absolute Gasteiger partial charge is 0.273 e. The third kappa shape index (κ3) is 2.11. The van der Waals surface area contributed by atoms with E-state index in [1.807, 2.05) is 0 Å². The van der Waals surface area contributed by atoms with E-state index in [0.717, 1.165) is 21.8 Å². The highest BCUT2D eigenvalue weighted by molar-refractivity contribution is 7.94. The number of benzene rings is 1. The average molecular weight is 312 g/mol. The van der Waals surface area contributed by atoms with Gasteiger partial charge in [0.2, 0.25) is 0 Å². The Bertz CT molecular complexity index is 755. The molecule has 0 spiro atoms. The minimum Gasteiger partial charge on any atom is -0.326 e. The Morgan fingerprint density at radius 3 is 2.80 bits per heavy atom. The first kappa shape index (κ1) is 13.5. The molecule has 0 saturated heterocycles. The molecular formula is C13H13FN2O2S2. The molecule has 2 heterocycles. The monoisotopic (exact) mass is 312 g/mol. The summed E-state index contributed by atoms with van der Waals surface area (Å²) in [5.74, 6) is -0.431. The number of nitrogens with two attached hydrogens (primary N) is 1. The lowest BCUT2D eigenvalue weighted by Gasteiger charge is -2.18. The van der Waals surface area contributed by atoms with Crippen molar-refractivity contribution in [1.82, 2.24) is 0 Å². The Morgan fingerprint density at radius 1 is 1.30 bits per heavy atom. The normalized spacial score (nSPS) is 14.6. The first-order valence-corrected chi connectivity index (χ1v) is 8.38. The second-order valence-electron chi connectivity index (χ2n) is 4.53. The molecule has 1 aliphatic heterocycles. The van der Waals surface area contributed by atoms with Crippen LogP contribution in [0.15, 0.2) is 34.5 Å². The fourth-order valence-corrected chi connectivity index (χ4v) is 5.13. The lowest BCUT2D eigenvalue weighted by atomic mass is 10.2. The zero-order chi connectivity index (χ0) is 14.3. The number of sulfonamides is 1. The van der Waals surface area contributed by atoms with Crippen LogP contribution >= 0.6 is 11.3 Å². The molecule has 0 aliphatic carbocycles. The lowest BCUT2D eigenvalue weighted by molar-refractivity contribution is 0.594. The van der Waals surface area contributed by atoms with Gasteiger partial charge in [-0.1, -0.05) is 6.07 Å². The van der Waals surface area contributed by atoms with Gasteiger partial charge in [-0.15, -0.1) is 11.3 Å². The molecule has 0 fully saturated rings. The maximum atomic E-state index is 13.3. The highest BCUT2D eigenvalue weighted by Gasteiger charge is 2.32. The second-order valence-corrected chi connectivity index (χ2v) is 7.78. The van der Waals surface area contributed by atoms with E-state index in [2.05, 4.69) is 0 Å². The third-order valence-corrected chi connectivity index (χ3v) is 6.67. The van der Waals surface area contributed by atoms with Gasteiger partial charge in [0.05, 0.1) is 5.69 Å². The summed E-state index contributed by atoms with van der Waals surface area (Å²) in [6, 6.07) is 7.53. The van der Waals surface area contributed by atoms with Gasteiger partial charge in [0.25, 0.3) is 10.0 Å². The minimum absolute atomic E-state index is 0.245. The van der Waals surface area contributed by atoms with E-state index in [1.54, 1.807) is 18.2 Å². The molecule has 7 heteroatoms. The van der Waals surface area contributed by atoms with Crippen molar-refractivity contribution in [3.8, 4) is 0 Å². The topological polar surface area (TPSA) is 63.4 Å². The van der Waals surface area contributed by atoms with E-state index in [9.17, 15) is 12.8 Å². The Hall–Kier alpha value is -1.44. The van der Waals surface area contributed by atoms with Crippen molar-refractivity contribution >= 4 is 27.0 Å². The van der Waals surface area contributed by atoms with E-state index < -0.39 is 15.8 Å². The van der Waals surface area contributed by atoms with Gasteiger partial charge in [0, 0.05) is 18.0 Å².